The molecule has 1 aromatic rings. The summed E-state index contributed by atoms with van der Waals surface area (Å²) in [6, 6.07) is 9.27. The van der Waals surface area contributed by atoms with Crippen molar-refractivity contribution in [3.8, 4) is 0 Å². The monoisotopic (exact) mass is 390 g/mol. The molecule has 1 aromatic carbocycles. The van der Waals surface area contributed by atoms with Gasteiger partial charge in [0.15, 0.2) is 0 Å². The van der Waals surface area contributed by atoms with E-state index in [1.54, 1.807) is 6.92 Å². The summed E-state index contributed by atoms with van der Waals surface area (Å²) in [7, 11) is 0. The van der Waals surface area contributed by atoms with Gasteiger partial charge in [-0.3, -0.25) is 4.79 Å². The van der Waals surface area contributed by atoms with Crippen molar-refractivity contribution in [2.75, 3.05) is 6.54 Å². The van der Waals surface area contributed by atoms with E-state index in [9.17, 15) is 9.59 Å². The summed E-state index contributed by atoms with van der Waals surface area (Å²) in [6.07, 6.45) is 1.10. The van der Waals surface area contributed by atoms with Crippen molar-refractivity contribution >= 4 is 11.9 Å². The number of hydrogen-bond donors (Lipinski definition) is 2. The van der Waals surface area contributed by atoms with Crippen molar-refractivity contribution in [2.45, 2.75) is 80.0 Å². The highest BCUT2D eigenvalue weighted by Gasteiger charge is 2.25. The lowest BCUT2D eigenvalue weighted by Crippen LogP contribution is -2.49. The number of nitrogens with one attached hydrogen (secondary N) is 2. The largest absolute Gasteiger partial charge is 0.445 e. The SMILES string of the molecule is CC(=O)[C@H](CC(C)(C)C)NC[C@H](CC(C)(C)C)NC(=O)OCc1ccccc1. The van der Waals surface area contributed by atoms with E-state index in [1.165, 1.54) is 0 Å². The summed E-state index contributed by atoms with van der Waals surface area (Å²) < 4.78 is 5.36. The molecule has 0 fully saturated rings. The Kier molecular flexibility index (Phi) is 9.15. The fourth-order valence-electron chi connectivity index (χ4n) is 3.10. The number of amides is 1. The van der Waals surface area contributed by atoms with Gasteiger partial charge in [-0.15, -0.1) is 0 Å². The van der Waals surface area contributed by atoms with E-state index >= 15 is 0 Å². The van der Waals surface area contributed by atoms with Crippen molar-refractivity contribution in [1.82, 2.24) is 10.6 Å². The molecule has 0 spiro atoms. The first-order chi connectivity index (χ1) is 12.9. The maximum Gasteiger partial charge on any atom is 0.407 e. The number of alkyl carbamates (subject to hydrolysis) is 1. The molecule has 0 aliphatic rings. The molecule has 0 aliphatic heterocycles. The van der Waals surface area contributed by atoms with Gasteiger partial charge in [-0.05, 0) is 36.2 Å². The number of rotatable bonds is 9. The first-order valence-electron chi connectivity index (χ1n) is 10.1. The van der Waals surface area contributed by atoms with Gasteiger partial charge < -0.3 is 15.4 Å². The van der Waals surface area contributed by atoms with Gasteiger partial charge in [-0.1, -0.05) is 71.9 Å². The lowest BCUT2D eigenvalue weighted by Gasteiger charge is -2.30. The lowest BCUT2D eigenvalue weighted by molar-refractivity contribution is -0.119. The maximum atomic E-state index is 12.3. The summed E-state index contributed by atoms with van der Waals surface area (Å²) in [4.78, 5) is 24.3. The number of ether oxygens (including phenoxy) is 1. The van der Waals surface area contributed by atoms with E-state index in [2.05, 4.69) is 52.2 Å². The molecule has 0 saturated carbocycles. The second kappa shape index (κ2) is 10.6. The van der Waals surface area contributed by atoms with E-state index in [0.717, 1.165) is 18.4 Å². The van der Waals surface area contributed by atoms with E-state index < -0.39 is 6.09 Å². The van der Waals surface area contributed by atoms with Crippen molar-refractivity contribution in [3.63, 3.8) is 0 Å². The highest BCUT2D eigenvalue weighted by molar-refractivity contribution is 5.81. The van der Waals surface area contributed by atoms with Gasteiger partial charge in [0.2, 0.25) is 0 Å². The number of Topliss-reactive ketones (excluding diaryl/α,β-unsaturated/α-hetero) is 1. The van der Waals surface area contributed by atoms with Gasteiger partial charge in [0, 0.05) is 12.6 Å². The number of benzene rings is 1. The summed E-state index contributed by atoms with van der Waals surface area (Å²) in [5.41, 5.74) is 1.03. The molecule has 158 valence electrons. The Morgan fingerprint density at radius 2 is 1.54 bits per heavy atom. The fourth-order valence-corrected chi connectivity index (χ4v) is 3.10. The average Bonchev–Trinajstić information content (AvgIpc) is 2.55. The van der Waals surface area contributed by atoms with Crippen molar-refractivity contribution in [2.24, 2.45) is 10.8 Å². The highest BCUT2D eigenvalue weighted by Crippen LogP contribution is 2.23. The smallest absolute Gasteiger partial charge is 0.407 e. The van der Waals surface area contributed by atoms with E-state index in [0.29, 0.717) is 6.54 Å². The minimum atomic E-state index is -0.435. The molecule has 0 bridgehead atoms. The molecule has 0 heterocycles. The van der Waals surface area contributed by atoms with E-state index in [1.807, 2.05) is 30.3 Å². The van der Waals surface area contributed by atoms with Gasteiger partial charge in [0.25, 0.3) is 0 Å². The average molecular weight is 391 g/mol. The zero-order valence-electron chi connectivity index (χ0n) is 18.6. The molecule has 5 nitrogen and oxygen atoms in total. The van der Waals surface area contributed by atoms with Crippen LogP contribution in [0.5, 0.6) is 0 Å². The zero-order chi connectivity index (χ0) is 21.4. The molecular formula is C23H38N2O3. The Balaban J connectivity index is 2.66. The quantitative estimate of drug-likeness (QED) is 0.641. The molecule has 1 rings (SSSR count). The Bertz CT molecular complexity index is 615. The van der Waals surface area contributed by atoms with Crippen LogP contribution in [0.2, 0.25) is 0 Å². The Morgan fingerprint density at radius 3 is 2.04 bits per heavy atom. The normalized spacial score (nSPS) is 14.2. The lowest BCUT2D eigenvalue weighted by atomic mass is 9.86. The minimum absolute atomic E-state index is 0.0365. The Hall–Kier alpha value is -1.88. The molecule has 1 amide bonds. The van der Waals surface area contributed by atoms with Crippen LogP contribution in [-0.2, 0) is 16.1 Å². The zero-order valence-corrected chi connectivity index (χ0v) is 18.6. The number of carbonyl (C=O) groups excluding carboxylic acids is 2. The number of ketones is 1. The van der Waals surface area contributed by atoms with Gasteiger partial charge in [-0.25, -0.2) is 4.79 Å². The standard InChI is InChI=1S/C23H38N2O3/c1-17(26)20(14-23(5,6)7)24-15-19(13-22(2,3)4)25-21(27)28-16-18-11-9-8-10-12-18/h8-12,19-20,24H,13-16H2,1-7H3,(H,25,27)/t19-,20-/m0/s1. The summed E-state index contributed by atoms with van der Waals surface area (Å²) in [5, 5.41) is 6.32. The predicted octanol–water partition coefficient (Wildman–Crippen LogP) is 4.70. The van der Waals surface area contributed by atoms with Gasteiger partial charge in [0.1, 0.15) is 12.4 Å². The van der Waals surface area contributed by atoms with Gasteiger partial charge in [0.05, 0.1) is 6.04 Å². The number of hydrogen-bond acceptors (Lipinski definition) is 4. The molecule has 28 heavy (non-hydrogen) atoms. The van der Waals surface area contributed by atoms with Gasteiger partial charge >= 0.3 is 6.09 Å². The van der Waals surface area contributed by atoms with Crippen LogP contribution in [-0.4, -0.2) is 30.5 Å². The third-order valence-corrected chi connectivity index (χ3v) is 4.31. The van der Waals surface area contributed by atoms with Crippen LogP contribution in [0.1, 0.15) is 66.9 Å². The van der Waals surface area contributed by atoms with Crippen LogP contribution >= 0.6 is 0 Å². The molecule has 2 atom stereocenters. The first-order valence-corrected chi connectivity index (χ1v) is 10.1. The fraction of sp³-hybridized carbons (Fsp3) is 0.652. The first kappa shape index (κ1) is 24.2. The van der Waals surface area contributed by atoms with E-state index in [4.69, 9.17) is 4.74 Å². The minimum Gasteiger partial charge on any atom is -0.445 e. The van der Waals surface area contributed by atoms with Crippen LogP contribution in [0, 0.1) is 10.8 Å². The molecule has 5 heteroatoms. The Labute approximate surface area is 170 Å². The molecule has 0 unspecified atom stereocenters. The van der Waals surface area contributed by atoms with Crippen molar-refractivity contribution in [3.05, 3.63) is 35.9 Å². The second-order valence-electron chi connectivity index (χ2n) is 10.0. The molecular weight excluding hydrogens is 352 g/mol. The van der Waals surface area contributed by atoms with Crippen molar-refractivity contribution < 1.29 is 14.3 Å². The predicted molar refractivity (Wildman–Crippen MR) is 114 cm³/mol. The van der Waals surface area contributed by atoms with Crippen molar-refractivity contribution in [1.29, 1.82) is 0 Å². The van der Waals surface area contributed by atoms with Crippen LogP contribution in [0.4, 0.5) is 4.79 Å². The molecule has 0 aliphatic carbocycles. The van der Waals surface area contributed by atoms with Crippen LogP contribution in [0.15, 0.2) is 30.3 Å². The third kappa shape index (κ3) is 11.1. The van der Waals surface area contributed by atoms with E-state index in [-0.39, 0.29) is 35.3 Å². The topological polar surface area (TPSA) is 67.4 Å². The maximum absolute atomic E-state index is 12.3. The second-order valence-corrected chi connectivity index (χ2v) is 10.0. The summed E-state index contributed by atoms with van der Waals surface area (Å²) in [5.74, 6) is 0.121. The summed E-state index contributed by atoms with van der Waals surface area (Å²) >= 11 is 0. The van der Waals surface area contributed by atoms with Crippen LogP contribution in [0.3, 0.4) is 0 Å². The summed E-state index contributed by atoms with van der Waals surface area (Å²) in [6.45, 7) is 15.1. The molecule has 0 radical (unpaired) electrons. The molecule has 0 aromatic heterocycles. The third-order valence-electron chi connectivity index (χ3n) is 4.31. The van der Waals surface area contributed by atoms with Crippen LogP contribution in [0.25, 0.3) is 0 Å². The molecule has 2 N–H and O–H groups in total. The molecule has 0 saturated heterocycles. The Morgan fingerprint density at radius 1 is 0.964 bits per heavy atom. The van der Waals surface area contributed by atoms with Gasteiger partial charge in [-0.2, -0.15) is 0 Å². The number of carbonyl (C=O) groups is 2. The van der Waals surface area contributed by atoms with Crippen LogP contribution < -0.4 is 10.6 Å². The highest BCUT2D eigenvalue weighted by atomic mass is 16.5.